The van der Waals surface area contributed by atoms with Crippen LogP contribution in [0.4, 0.5) is 0 Å². The van der Waals surface area contributed by atoms with E-state index in [1.54, 1.807) is 24.3 Å². The van der Waals surface area contributed by atoms with Crippen molar-refractivity contribution in [2.45, 2.75) is 18.0 Å². The summed E-state index contributed by atoms with van der Waals surface area (Å²) in [6.07, 6.45) is 0. The molecule has 2 aromatic carbocycles. The van der Waals surface area contributed by atoms with E-state index in [0.29, 0.717) is 6.54 Å². The van der Waals surface area contributed by atoms with Crippen LogP contribution in [0.1, 0.15) is 11.1 Å². The Bertz CT molecular complexity index is 640. The fourth-order valence-electron chi connectivity index (χ4n) is 1.70. The van der Waals surface area contributed by atoms with Crippen LogP contribution in [0.5, 0.6) is 0 Å². The van der Waals surface area contributed by atoms with Crippen molar-refractivity contribution in [3.63, 3.8) is 0 Å². The molecule has 0 spiro atoms. The molecule has 19 heavy (non-hydrogen) atoms. The summed E-state index contributed by atoms with van der Waals surface area (Å²) in [5.74, 6) is 0. The Kier molecular flexibility index (Phi) is 4.31. The van der Waals surface area contributed by atoms with Crippen LogP contribution in [0, 0.1) is 0 Å². The van der Waals surface area contributed by atoms with E-state index in [4.69, 9.17) is 5.73 Å². The molecule has 4 nitrogen and oxygen atoms in total. The maximum Gasteiger partial charge on any atom is 0.240 e. The van der Waals surface area contributed by atoms with Gasteiger partial charge in [-0.2, -0.15) is 0 Å². The van der Waals surface area contributed by atoms with E-state index in [2.05, 4.69) is 4.72 Å². The Morgan fingerprint density at radius 1 is 0.947 bits per heavy atom. The van der Waals surface area contributed by atoms with Gasteiger partial charge in [0.2, 0.25) is 10.0 Å². The number of nitrogens with two attached hydrogens (primary N) is 1. The van der Waals surface area contributed by atoms with E-state index in [9.17, 15) is 8.42 Å². The zero-order chi connectivity index (χ0) is 13.7. The molecule has 2 rings (SSSR count). The number of benzene rings is 2. The minimum absolute atomic E-state index is 0.242. The van der Waals surface area contributed by atoms with Crippen molar-refractivity contribution in [1.29, 1.82) is 0 Å². The summed E-state index contributed by atoms with van der Waals surface area (Å²) in [5, 5.41) is 0. The second kappa shape index (κ2) is 5.97. The minimum atomic E-state index is -3.50. The lowest BCUT2D eigenvalue weighted by molar-refractivity contribution is 0.581. The molecule has 0 amide bonds. The van der Waals surface area contributed by atoms with E-state index in [1.807, 2.05) is 30.3 Å². The molecule has 0 heterocycles. The van der Waals surface area contributed by atoms with Crippen LogP contribution < -0.4 is 10.5 Å². The van der Waals surface area contributed by atoms with Gasteiger partial charge in [0.1, 0.15) is 0 Å². The van der Waals surface area contributed by atoms with Crippen LogP contribution in [-0.4, -0.2) is 8.42 Å². The molecule has 100 valence electrons. The quantitative estimate of drug-likeness (QED) is 0.871. The van der Waals surface area contributed by atoms with Gasteiger partial charge in [0.05, 0.1) is 4.90 Å². The highest BCUT2D eigenvalue weighted by atomic mass is 32.2. The third-order valence-corrected chi connectivity index (χ3v) is 4.15. The standard InChI is InChI=1S/C14H16N2O2S/c15-10-13-7-4-8-14(9-13)19(17,18)16-11-12-5-2-1-3-6-12/h1-9,16H,10-11,15H2. The lowest BCUT2D eigenvalue weighted by Gasteiger charge is -2.08. The lowest BCUT2D eigenvalue weighted by atomic mass is 10.2. The summed E-state index contributed by atoms with van der Waals surface area (Å²) in [6.45, 7) is 0.595. The van der Waals surface area contributed by atoms with Crippen LogP contribution in [0.3, 0.4) is 0 Å². The molecule has 0 aliphatic carbocycles. The molecule has 0 unspecified atom stereocenters. The number of hydrogen-bond acceptors (Lipinski definition) is 3. The highest BCUT2D eigenvalue weighted by molar-refractivity contribution is 7.89. The van der Waals surface area contributed by atoms with E-state index in [1.165, 1.54) is 0 Å². The van der Waals surface area contributed by atoms with Gasteiger partial charge in [-0.25, -0.2) is 13.1 Å². The second-order valence-electron chi connectivity index (χ2n) is 4.16. The normalized spacial score (nSPS) is 11.4. The summed E-state index contributed by atoms with van der Waals surface area (Å²) < 4.78 is 26.8. The summed E-state index contributed by atoms with van der Waals surface area (Å²) in [6, 6.07) is 16.0. The number of nitrogens with one attached hydrogen (secondary N) is 1. The molecule has 0 saturated carbocycles. The first-order valence-corrected chi connectivity index (χ1v) is 7.43. The molecule has 0 bridgehead atoms. The highest BCUT2D eigenvalue weighted by Gasteiger charge is 2.13. The molecule has 0 atom stereocenters. The molecule has 2 aromatic rings. The van der Waals surface area contributed by atoms with Crippen molar-refractivity contribution in [2.24, 2.45) is 5.73 Å². The Balaban J connectivity index is 2.14. The summed E-state index contributed by atoms with van der Waals surface area (Å²) in [7, 11) is -3.50. The van der Waals surface area contributed by atoms with Crippen LogP contribution in [0.25, 0.3) is 0 Å². The molecule has 0 radical (unpaired) electrons. The smallest absolute Gasteiger partial charge is 0.240 e. The number of rotatable bonds is 5. The largest absolute Gasteiger partial charge is 0.326 e. The first-order valence-electron chi connectivity index (χ1n) is 5.94. The first-order chi connectivity index (χ1) is 9.12. The van der Waals surface area contributed by atoms with E-state index in [0.717, 1.165) is 11.1 Å². The van der Waals surface area contributed by atoms with Gasteiger partial charge in [0, 0.05) is 13.1 Å². The third kappa shape index (κ3) is 3.64. The summed E-state index contributed by atoms with van der Waals surface area (Å²) in [5.41, 5.74) is 7.22. The topological polar surface area (TPSA) is 72.2 Å². The predicted molar refractivity (Wildman–Crippen MR) is 74.8 cm³/mol. The van der Waals surface area contributed by atoms with Gasteiger partial charge < -0.3 is 5.73 Å². The van der Waals surface area contributed by atoms with Gasteiger partial charge in [0.25, 0.3) is 0 Å². The summed E-state index contributed by atoms with van der Waals surface area (Å²) >= 11 is 0. The molecule has 5 heteroatoms. The monoisotopic (exact) mass is 276 g/mol. The number of hydrogen-bond donors (Lipinski definition) is 2. The molecule has 0 saturated heterocycles. The third-order valence-electron chi connectivity index (χ3n) is 2.75. The van der Waals surface area contributed by atoms with Crippen molar-refractivity contribution in [1.82, 2.24) is 4.72 Å². The van der Waals surface area contributed by atoms with Crippen LogP contribution in [-0.2, 0) is 23.1 Å². The second-order valence-corrected chi connectivity index (χ2v) is 5.93. The highest BCUT2D eigenvalue weighted by Crippen LogP contribution is 2.11. The maximum absolute atomic E-state index is 12.1. The average molecular weight is 276 g/mol. The predicted octanol–water partition coefficient (Wildman–Crippen LogP) is 1.62. The SMILES string of the molecule is NCc1cccc(S(=O)(=O)NCc2ccccc2)c1. The van der Waals surface area contributed by atoms with Crippen molar-refractivity contribution >= 4 is 10.0 Å². The van der Waals surface area contributed by atoms with Crippen LogP contribution in [0.15, 0.2) is 59.5 Å². The molecular formula is C14H16N2O2S. The Morgan fingerprint density at radius 3 is 2.32 bits per heavy atom. The Labute approximate surface area is 113 Å². The average Bonchev–Trinajstić information content (AvgIpc) is 2.46. The maximum atomic E-state index is 12.1. The van der Waals surface area contributed by atoms with E-state index in [-0.39, 0.29) is 11.4 Å². The fraction of sp³-hybridized carbons (Fsp3) is 0.143. The van der Waals surface area contributed by atoms with Gasteiger partial charge in [0.15, 0.2) is 0 Å². The minimum Gasteiger partial charge on any atom is -0.326 e. The van der Waals surface area contributed by atoms with Crippen LogP contribution in [0.2, 0.25) is 0 Å². The lowest BCUT2D eigenvalue weighted by Crippen LogP contribution is -2.23. The summed E-state index contributed by atoms with van der Waals surface area (Å²) in [4.78, 5) is 0.242. The van der Waals surface area contributed by atoms with Crippen molar-refractivity contribution in [3.8, 4) is 0 Å². The zero-order valence-electron chi connectivity index (χ0n) is 10.4. The molecular weight excluding hydrogens is 260 g/mol. The number of sulfonamides is 1. The fourth-order valence-corrected chi connectivity index (χ4v) is 2.78. The van der Waals surface area contributed by atoms with Gasteiger partial charge in [-0.3, -0.25) is 0 Å². The van der Waals surface area contributed by atoms with Gasteiger partial charge in [-0.1, -0.05) is 42.5 Å². The zero-order valence-corrected chi connectivity index (χ0v) is 11.2. The molecule has 0 fully saturated rings. The molecule has 3 N–H and O–H groups in total. The molecule has 0 aliphatic heterocycles. The van der Waals surface area contributed by atoms with Crippen molar-refractivity contribution in [3.05, 3.63) is 65.7 Å². The molecule has 0 aromatic heterocycles. The van der Waals surface area contributed by atoms with E-state index < -0.39 is 10.0 Å². The first kappa shape index (κ1) is 13.7. The van der Waals surface area contributed by atoms with Crippen molar-refractivity contribution < 1.29 is 8.42 Å². The van der Waals surface area contributed by atoms with Gasteiger partial charge >= 0.3 is 0 Å². The van der Waals surface area contributed by atoms with Crippen LogP contribution >= 0.6 is 0 Å². The van der Waals surface area contributed by atoms with Crippen molar-refractivity contribution in [2.75, 3.05) is 0 Å². The van der Waals surface area contributed by atoms with Gasteiger partial charge in [-0.05, 0) is 23.3 Å². The molecule has 0 aliphatic rings. The Morgan fingerprint density at radius 2 is 1.63 bits per heavy atom. The Hall–Kier alpha value is -1.69. The van der Waals surface area contributed by atoms with E-state index >= 15 is 0 Å². The van der Waals surface area contributed by atoms with Gasteiger partial charge in [-0.15, -0.1) is 0 Å².